The SMILES string of the molecule is C=CCOc1ccccc1S(=O)(=O)NC(=O)Nc1nc(C)cc(C)n1. The van der Waals surface area contributed by atoms with Gasteiger partial charge in [-0.3, -0.25) is 5.32 Å². The third kappa shape index (κ3) is 5.01. The van der Waals surface area contributed by atoms with Crippen LogP contribution in [0.3, 0.4) is 0 Å². The van der Waals surface area contributed by atoms with Gasteiger partial charge in [-0.2, -0.15) is 0 Å². The van der Waals surface area contributed by atoms with E-state index in [0.717, 1.165) is 0 Å². The van der Waals surface area contributed by atoms with Crippen molar-refractivity contribution >= 4 is 22.0 Å². The molecule has 0 bridgehead atoms. The second kappa shape index (κ2) is 7.75. The molecule has 0 spiro atoms. The van der Waals surface area contributed by atoms with Crippen molar-refractivity contribution in [3.8, 4) is 5.75 Å². The van der Waals surface area contributed by atoms with Crippen LogP contribution < -0.4 is 14.8 Å². The van der Waals surface area contributed by atoms with Gasteiger partial charge < -0.3 is 4.74 Å². The van der Waals surface area contributed by atoms with Crippen molar-refractivity contribution in [1.29, 1.82) is 0 Å². The summed E-state index contributed by atoms with van der Waals surface area (Å²) >= 11 is 0. The number of nitrogens with one attached hydrogen (secondary N) is 2. The Bertz CT molecular complexity index is 877. The molecule has 2 aromatic rings. The van der Waals surface area contributed by atoms with Gasteiger partial charge in [0.1, 0.15) is 17.3 Å². The molecule has 2 rings (SSSR count). The molecule has 9 heteroatoms. The molecular weight excluding hydrogens is 344 g/mol. The fraction of sp³-hybridized carbons (Fsp3) is 0.188. The topological polar surface area (TPSA) is 110 Å². The van der Waals surface area contributed by atoms with Gasteiger partial charge in [0.05, 0.1) is 0 Å². The molecule has 2 N–H and O–H groups in total. The van der Waals surface area contributed by atoms with Gasteiger partial charge in [0.2, 0.25) is 5.95 Å². The van der Waals surface area contributed by atoms with E-state index in [0.29, 0.717) is 11.4 Å². The van der Waals surface area contributed by atoms with E-state index in [1.54, 1.807) is 26.0 Å². The molecule has 1 heterocycles. The molecule has 0 saturated heterocycles. The maximum Gasteiger partial charge on any atom is 0.335 e. The number of rotatable bonds is 6. The number of para-hydroxylation sites is 1. The summed E-state index contributed by atoms with van der Waals surface area (Å²) in [6, 6.07) is 6.74. The highest BCUT2D eigenvalue weighted by Gasteiger charge is 2.22. The maximum absolute atomic E-state index is 12.4. The molecule has 0 unspecified atom stereocenters. The van der Waals surface area contributed by atoms with Crippen LogP contribution in [0.2, 0.25) is 0 Å². The lowest BCUT2D eigenvalue weighted by Gasteiger charge is -2.12. The van der Waals surface area contributed by atoms with Crippen LogP contribution in [-0.2, 0) is 10.0 Å². The van der Waals surface area contributed by atoms with E-state index < -0.39 is 16.1 Å². The number of carbonyl (C=O) groups is 1. The molecular formula is C16H18N4O4S. The highest BCUT2D eigenvalue weighted by molar-refractivity contribution is 7.90. The van der Waals surface area contributed by atoms with Crippen LogP contribution in [-0.4, -0.2) is 31.0 Å². The molecule has 0 atom stereocenters. The van der Waals surface area contributed by atoms with Gasteiger partial charge in [0, 0.05) is 11.4 Å². The van der Waals surface area contributed by atoms with Crippen molar-refractivity contribution in [3.63, 3.8) is 0 Å². The second-order valence-corrected chi connectivity index (χ2v) is 6.73. The Morgan fingerprint density at radius 3 is 2.52 bits per heavy atom. The molecule has 8 nitrogen and oxygen atoms in total. The van der Waals surface area contributed by atoms with Gasteiger partial charge in [0.15, 0.2) is 0 Å². The second-order valence-electron chi connectivity index (χ2n) is 5.08. The molecule has 0 aliphatic heterocycles. The fourth-order valence-corrected chi connectivity index (χ4v) is 3.08. The third-order valence-corrected chi connectivity index (χ3v) is 4.30. The first-order valence-corrected chi connectivity index (χ1v) is 8.79. The number of ether oxygens (including phenoxy) is 1. The highest BCUT2D eigenvalue weighted by atomic mass is 32.2. The maximum atomic E-state index is 12.4. The standard InChI is InChI=1S/C16H18N4O4S/c1-4-9-24-13-7-5-6-8-14(13)25(22,23)20-16(21)19-15-17-11(2)10-12(3)18-15/h4-8,10H,1,9H2,2-3H3,(H2,17,18,19,20,21). The van der Waals surface area contributed by atoms with E-state index in [1.807, 2.05) is 4.72 Å². The Labute approximate surface area is 146 Å². The summed E-state index contributed by atoms with van der Waals surface area (Å²) < 4.78 is 32.1. The average Bonchev–Trinajstić information content (AvgIpc) is 2.51. The zero-order valence-electron chi connectivity index (χ0n) is 13.8. The molecule has 0 fully saturated rings. The summed E-state index contributed by atoms with van der Waals surface area (Å²) in [7, 11) is -4.14. The summed E-state index contributed by atoms with van der Waals surface area (Å²) in [6.07, 6.45) is 1.49. The number of hydrogen-bond donors (Lipinski definition) is 2. The minimum absolute atomic E-state index is 0.0152. The average molecular weight is 362 g/mol. The number of sulfonamides is 1. The van der Waals surface area contributed by atoms with Gasteiger partial charge in [0.25, 0.3) is 10.0 Å². The van der Waals surface area contributed by atoms with E-state index in [4.69, 9.17) is 4.74 Å². The number of amides is 2. The van der Waals surface area contributed by atoms with Crippen molar-refractivity contribution in [1.82, 2.24) is 14.7 Å². The molecule has 0 radical (unpaired) electrons. The van der Waals surface area contributed by atoms with Crippen LogP contribution >= 0.6 is 0 Å². The highest BCUT2D eigenvalue weighted by Crippen LogP contribution is 2.23. The van der Waals surface area contributed by atoms with Gasteiger partial charge in [-0.25, -0.2) is 27.9 Å². The van der Waals surface area contributed by atoms with Crippen LogP contribution in [0.1, 0.15) is 11.4 Å². The Morgan fingerprint density at radius 2 is 1.88 bits per heavy atom. The number of benzene rings is 1. The quantitative estimate of drug-likeness (QED) is 0.762. The lowest BCUT2D eigenvalue weighted by Crippen LogP contribution is -2.35. The molecule has 1 aromatic carbocycles. The van der Waals surface area contributed by atoms with Crippen LogP contribution in [0, 0.1) is 13.8 Å². The normalized spacial score (nSPS) is 10.8. The summed E-state index contributed by atoms with van der Waals surface area (Å²) in [5.41, 5.74) is 1.29. The number of hydrogen-bond acceptors (Lipinski definition) is 6. The largest absolute Gasteiger partial charge is 0.488 e. The number of anilines is 1. The predicted molar refractivity (Wildman–Crippen MR) is 93.0 cm³/mol. The van der Waals surface area contributed by atoms with Gasteiger partial charge in [-0.05, 0) is 32.0 Å². The smallest absolute Gasteiger partial charge is 0.335 e. The van der Waals surface area contributed by atoms with E-state index in [-0.39, 0.29) is 23.2 Å². The Kier molecular flexibility index (Phi) is 5.71. The summed E-state index contributed by atoms with van der Waals surface area (Å²) in [5, 5.41) is 2.30. The van der Waals surface area contributed by atoms with Crippen LogP contribution in [0.15, 0.2) is 47.9 Å². The molecule has 0 aliphatic carbocycles. The first-order valence-electron chi connectivity index (χ1n) is 7.30. The van der Waals surface area contributed by atoms with E-state index in [9.17, 15) is 13.2 Å². The number of nitrogens with zero attached hydrogens (tertiary/aromatic N) is 2. The first-order chi connectivity index (χ1) is 11.8. The predicted octanol–water partition coefficient (Wildman–Crippen LogP) is 2.17. The zero-order valence-corrected chi connectivity index (χ0v) is 14.6. The lowest BCUT2D eigenvalue weighted by atomic mass is 10.3. The van der Waals surface area contributed by atoms with Crippen molar-refractivity contribution in [3.05, 3.63) is 54.4 Å². The molecule has 1 aromatic heterocycles. The van der Waals surface area contributed by atoms with Gasteiger partial charge >= 0.3 is 6.03 Å². The van der Waals surface area contributed by atoms with Crippen LogP contribution in [0.25, 0.3) is 0 Å². The molecule has 132 valence electrons. The Balaban J connectivity index is 2.18. The lowest BCUT2D eigenvalue weighted by molar-refractivity contribution is 0.256. The zero-order chi connectivity index (χ0) is 18.4. The van der Waals surface area contributed by atoms with E-state index in [1.165, 1.54) is 24.3 Å². The van der Waals surface area contributed by atoms with Crippen LogP contribution in [0.5, 0.6) is 5.75 Å². The molecule has 2 amide bonds. The number of aromatic nitrogens is 2. The first kappa shape index (κ1) is 18.4. The minimum Gasteiger partial charge on any atom is -0.488 e. The fourth-order valence-electron chi connectivity index (χ4n) is 2.03. The molecule has 0 aliphatic rings. The summed E-state index contributed by atoms with van der Waals surface area (Å²) in [6.45, 7) is 7.12. The minimum atomic E-state index is -4.14. The van der Waals surface area contributed by atoms with Gasteiger partial charge in [-0.1, -0.05) is 24.8 Å². The Morgan fingerprint density at radius 1 is 1.24 bits per heavy atom. The molecule has 25 heavy (non-hydrogen) atoms. The summed E-state index contributed by atoms with van der Waals surface area (Å²) in [4.78, 5) is 19.9. The third-order valence-electron chi connectivity index (χ3n) is 2.93. The van der Waals surface area contributed by atoms with Crippen molar-refractivity contribution < 1.29 is 17.9 Å². The number of carbonyl (C=O) groups excluding carboxylic acids is 1. The van der Waals surface area contributed by atoms with Crippen molar-refractivity contribution in [2.75, 3.05) is 11.9 Å². The van der Waals surface area contributed by atoms with E-state index >= 15 is 0 Å². The summed E-state index contributed by atoms with van der Waals surface area (Å²) in [5.74, 6) is 0.131. The monoisotopic (exact) mass is 362 g/mol. The van der Waals surface area contributed by atoms with E-state index in [2.05, 4.69) is 21.9 Å². The van der Waals surface area contributed by atoms with Crippen molar-refractivity contribution in [2.24, 2.45) is 0 Å². The van der Waals surface area contributed by atoms with Crippen molar-refractivity contribution in [2.45, 2.75) is 18.7 Å². The van der Waals surface area contributed by atoms with Gasteiger partial charge in [-0.15, -0.1) is 0 Å². The number of urea groups is 1. The Hall–Kier alpha value is -2.94. The van der Waals surface area contributed by atoms with Crippen LogP contribution in [0.4, 0.5) is 10.7 Å². The number of aryl methyl sites for hydroxylation is 2. The molecule has 0 saturated carbocycles.